The number of amides is 1. The zero-order valence-electron chi connectivity index (χ0n) is 13.0. The van der Waals surface area contributed by atoms with Crippen molar-refractivity contribution in [3.05, 3.63) is 23.9 Å². The maximum atomic E-state index is 11.3. The quantitative estimate of drug-likeness (QED) is 0.566. The molecule has 0 aromatic rings. The van der Waals surface area contributed by atoms with Gasteiger partial charge in [-0.25, -0.2) is 0 Å². The largest absolute Gasteiger partial charge is 0.339 e. The van der Waals surface area contributed by atoms with E-state index < -0.39 is 0 Å². The van der Waals surface area contributed by atoms with E-state index in [1.165, 1.54) is 0 Å². The molecule has 0 saturated carbocycles. The molecule has 0 aromatic carbocycles. The van der Waals surface area contributed by atoms with Gasteiger partial charge in [-0.05, 0) is 30.8 Å². The molecule has 0 aliphatic rings. The lowest BCUT2D eigenvalue weighted by Crippen LogP contribution is -2.37. The Morgan fingerprint density at radius 3 is 2.28 bits per heavy atom. The van der Waals surface area contributed by atoms with Crippen molar-refractivity contribution in [3.63, 3.8) is 0 Å². The van der Waals surface area contributed by atoms with Crippen LogP contribution in [-0.2, 0) is 0 Å². The number of hydrogen-bond donors (Lipinski definition) is 1. The summed E-state index contributed by atoms with van der Waals surface area (Å²) in [6, 6.07) is 0. The second-order valence-corrected chi connectivity index (χ2v) is 5.56. The zero-order valence-corrected chi connectivity index (χ0v) is 13.0. The Morgan fingerprint density at radius 2 is 1.94 bits per heavy atom. The van der Waals surface area contributed by atoms with Gasteiger partial charge in [0.05, 0.1) is 0 Å². The van der Waals surface area contributed by atoms with Crippen molar-refractivity contribution in [3.8, 4) is 0 Å². The third-order valence-corrected chi connectivity index (χ3v) is 4.33. The molecule has 18 heavy (non-hydrogen) atoms. The van der Waals surface area contributed by atoms with Crippen molar-refractivity contribution in [2.75, 3.05) is 0 Å². The van der Waals surface area contributed by atoms with Crippen LogP contribution in [0.25, 0.3) is 0 Å². The first-order chi connectivity index (χ1) is 8.29. The van der Waals surface area contributed by atoms with Gasteiger partial charge in [-0.1, -0.05) is 46.8 Å². The molecule has 2 atom stereocenters. The van der Waals surface area contributed by atoms with Gasteiger partial charge in [-0.3, -0.25) is 4.79 Å². The van der Waals surface area contributed by atoms with E-state index in [4.69, 9.17) is 0 Å². The number of carbonyl (C=O) groups excluding carboxylic acids is 1. The summed E-state index contributed by atoms with van der Waals surface area (Å²) in [5, 5.41) is 2.98. The molecule has 0 radical (unpaired) electrons. The first-order valence-electron chi connectivity index (χ1n) is 6.90. The molecular formula is C15H28BNO. The topological polar surface area (TPSA) is 29.1 Å². The van der Waals surface area contributed by atoms with E-state index in [2.05, 4.69) is 39.9 Å². The minimum absolute atomic E-state index is 0.000174. The molecule has 0 aliphatic heterocycles. The molecule has 0 rings (SSSR count). The minimum Gasteiger partial charge on any atom is -0.339 e. The third kappa shape index (κ3) is 4.36. The first kappa shape index (κ1) is 17.0. The third-order valence-electron chi connectivity index (χ3n) is 4.33. The Kier molecular flexibility index (Phi) is 7.04. The highest BCUT2D eigenvalue weighted by atomic mass is 16.1. The van der Waals surface area contributed by atoms with Gasteiger partial charge in [0.1, 0.15) is 0 Å². The SMILES string of the molecule is BC(=O)N/C(=C/C=C\C)C(C)C(C)(CC)C(C)C. The van der Waals surface area contributed by atoms with Crippen LogP contribution in [0.4, 0.5) is 4.79 Å². The molecule has 0 spiro atoms. The highest BCUT2D eigenvalue weighted by Gasteiger charge is 2.34. The lowest BCUT2D eigenvalue weighted by Gasteiger charge is -2.40. The molecule has 0 heterocycles. The molecule has 0 saturated heterocycles. The zero-order chi connectivity index (χ0) is 14.3. The number of allylic oxidation sites excluding steroid dienone is 4. The van der Waals surface area contributed by atoms with Gasteiger partial charge in [0.2, 0.25) is 7.85 Å². The summed E-state index contributed by atoms with van der Waals surface area (Å²) in [6.07, 6.45) is 7.08. The molecule has 0 bridgehead atoms. The Morgan fingerprint density at radius 1 is 1.39 bits per heavy atom. The lowest BCUT2D eigenvalue weighted by molar-refractivity contribution is 0.138. The summed E-state index contributed by atoms with van der Waals surface area (Å²) >= 11 is 0. The number of hydrogen-bond acceptors (Lipinski definition) is 1. The standard InChI is InChI=1S/C15H28BNO/c1-7-9-10-13(17-14(16)18)12(5)15(6,8-2)11(3)4/h7,9-12H,8,16H2,1-6H3,(H,17,18)/b9-7-,13-10+. The van der Waals surface area contributed by atoms with Gasteiger partial charge in [0, 0.05) is 11.6 Å². The van der Waals surface area contributed by atoms with Gasteiger partial charge >= 0.3 is 0 Å². The number of nitrogens with one attached hydrogen (secondary N) is 1. The average Bonchev–Trinajstić information content (AvgIpc) is 2.31. The maximum Gasteiger partial charge on any atom is 0.216 e. The van der Waals surface area contributed by atoms with Gasteiger partial charge in [0.15, 0.2) is 5.81 Å². The Balaban J connectivity index is 5.28. The number of rotatable bonds is 6. The van der Waals surface area contributed by atoms with E-state index in [9.17, 15) is 4.79 Å². The molecular weight excluding hydrogens is 221 g/mol. The van der Waals surface area contributed by atoms with E-state index >= 15 is 0 Å². The van der Waals surface area contributed by atoms with Crippen molar-refractivity contribution in [2.24, 2.45) is 17.3 Å². The van der Waals surface area contributed by atoms with Crippen LogP contribution in [-0.4, -0.2) is 13.7 Å². The molecule has 102 valence electrons. The van der Waals surface area contributed by atoms with Crippen molar-refractivity contribution in [2.45, 2.75) is 48.0 Å². The molecule has 1 N–H and O–H groups in total. The molecule has 0 fully saturated rings. The highest BCUT2D eigenvalue weighted by Crippen LogP contribution is 2.41. The van der Waals surface area contributed by atoms with E-state index in [0.717, 1.165) is 12.1 Å². The molecule has 2 unspecified atom stereocenters. The monoisotopic (exact) mass is 249 g/mol. The highest BCUT2D eigenvalue weighted by molar-refractivity contribution is 6.57. The van der Waals surface area contributed by atoms with Crippen LogP contribution in [0, 0.1) is 17.3 Å². The van der Waals surface area contributed by atoms with Crippen LogP contribution in [0.5, 0.6) is 0 Å². The molecule has 2 nitrogen and oxygen atoms in total. The fraction of sp³-hybridized carbons (Fsp3) is 0.667. The van der Waals surface area contributed by atoms with Gasteiger partial charge in [-0.15, -0.1) is 0 Å². The van der Waals surface area contributed by atoms with Gasteiger partial charge in [0.25, 0.3) is 0 Å². The Hall–Kier alpha value is -0.985. The van der Waals surface area contributed by atoms with E-state index in [0.29, 0.717) is 11.8 Å². The molecule has 1 amide bonds. The Bertz CT molecular complexity index is 333. The van der Waals surface area contributed by atoms with Crippen molar-refractivity contribution < 1.29 is 4.79 Å². The summed E-state index contributed by atoms with van der Waals surface area (Å²) < 4.78 is 0. The smallest absolute Gasteiger partial charge is 0.216 e. The fourth-order valence-corrected chi connectivity index (χ4v) is 2.27. The first-order valence-corrected chi connectivity index (χ1v) is 6.90. The minimum atomic E-state index is -0.000174. The van der Waals surface area contributed by atoms with Crippen molar-refractivity contribution in [1.29, 1.82) is 0 Å². The van der Waals surface area contributed by atoms with Crippen LogP contribution in [0.3, 0.4) is 0 Å². The molecule has 3 heteroatoms. The van der Waals surface area contributed by atoms with Crippen molar-refractivity contribution >= 4 is 13.7 Å². The van der Waals surface area contributed by atoms with Gasteiger partial charge < -0.3 is 5.32 Å². The second-order valence-electron chi connectivity index (χ2n) is 5.56. The van der Waals surface area contributed by atoms with E-state index in [1.807, 2.05) is 25.2 Å². The molecule has 0 aromatic heterocycles. The predicted octanol–water partition coefficient (Wildman–Crippen LogP) is 3.50. The number of carbonyl (C=O) groups is 1. The Labute approximate surface area is 113 Å². The fourth-order valence-electron chi connectivity index (χ4n) is 2.27. The summed E-state index contributed by atoms with van der Waals surface area (Å²) in [7, 11) is 1.56. The van der Waals surface area contributed by atoms with E-state index in [1.54, 1.807) is 7.85 Å². The maximum absolute atomic E-state index is 11.3. The summed E-state index contributed by atoms with van der Waals surface area (Å²) in [5.74, 6) is 0.891. The predicted molar refractivity (Wildman–Crippen MR) is 82.4 cm³/mol. The van der Waals surface area contributed by atoms with Gasteiger partial charge in [-0.2, -0.15) is 0 Å². The van der Waals surface area contributed by atoms with Crippen LogP contribution in [0.2, 0.25) is 0 Å². The van der Waals surface area contributed by atoms with Crippen LogP contribution < -0.4 is 5.32 Å². The second kappa shape index (κ2) is 7.45. The van der Waals surface area contributed by atoms with Crippen LogP contribution >= 0.6 is 0 Å². The summed E-state index contributed by atoms with van der Waals surface area (Å²) in [4.78, 5) is 11.3. The van der Waals surface area contributed by atoms with Crippen molar-refractivity contribution in [1.82, 2.24) is 5.32 Å². The van der Waals surface area contributed by atoms with Crippen LogP contribution in [0.15, 0.2) is 23.9 Å². The summed E-state index contributed by atoms with van der Waals surface area (Å²) in [6.45, 7) is 13.2. The van der Waals surface area contributed by atoms with E-state index in [-0.39, 0.29) is 11.2 Å². The normalized spacial score (nSPS) is 17.8. The summed E-state index contributed by atoms with van der Waals surface area (Å²) in [5.41, 5.74) is 1.20. The lowest BCUT2D eigenvalue weighted by atomic mass is 9.67. The average molecular weight is 249 g/mol. The van der Waals surface area contributed by atoms with Crippen LogP contribution in [0.1, 0.15) is 48.0 Å². The molecule has 0 aliphatic carbocycles.